The Morgan fingerprint density at radius 3 is 2.00 bits per heavy atom. The average molecular weight is 320 g/mol. The molecule has 3 unspecified atom stereocenters. The summed E-state index contributed by atoms with van der Waals surface area (Å²) in [6.07, 6.45) is 1.30. The number of aliphatic hydroxyl groups is 1. The monoisotopic (exact) mass is 320 g/mol. The lowest BCUT2D eigenvalue weighted by molar-refractivity contribution is 0.0911. The van der Waals surface area contributed by atoms with Gasteiger partial charge in [0, 0.05) is 13.0 Å². The van der Waals surface area contributed by atoms with Gasteiger partial charge in [0.15, 0.2) is 0 Å². The molecule has 0 aromatic heterocycles. The van der Waals surface area contributed by atoms with Gasteiger partial charge in [0.25, 0.3) is 0 Å². The summed E-state index contributed by atoms with van der Waals surface area (Å²) in [5.74, 6) is 0.129. The van der Waals surface area contributed by atoms with Crippen molar-refractivity contribution >= 4 is 0 Å². The molecule has 2 aromatic carbocycles. The van der Waals surface area contributed by atoms with Crippen LogP contribution in [0.2, 0.25) is 0 Å². The Balaban J connectivity index is 2.17. The van der Waals surface area contributed by atoms with Crippen molar-refractivity contribution < 1.29 is 5.11 Å². The maximum Gasteiger partial charge on any atom is 0.117 e. The van der Waals surface area contributed by atoms with Crippen LogP contribution in [-0.2, 0) is 0 Å². The summed E-state index contributed by atoms with van der Waals surface area (Å²) in [5.41, 5.74) is 2.58. The number of allylic oxidation sites excluding steroid dienone is 2. The van der Waals surface area contributed by atoms with Crippen molar-refractivity contribution in [3.63, 3.8) is 0 Å². The molecule has 0 spiro atoms. The summed E-state index contributed by atoms with van der Waals surface area (Å²) in [6.45, 7) is 3.99. The van der Waals surface area contributed by atoms with Gasteiger partial charge in [0.2, 0.25) is 0 Å². The third-order valence-electron chi connectivity index (χ3n) is 4.44. The van der Waals surface area contributed by atoms with Gasteiger partial charge in [0.05, 0.1) is 12.1 Å². The molecule has 3 nitrogen and oxygen atoms in total. The fraction of sp³-hybridized carbons (Fsp3) is 0.286. The molecule has 24 heavy (non-hydrogen) atoms. The molecule has 0 aliphatic carbocycles. The molecule has 2 aromatic rings. The largest absolute Gasteiger partial charge is 0.386 e. The van der Waals surface area contributed by atoms with E-state index < -0.39 is 6.10 Å². The number of benzene rings is 2. The number of nitriles is 1. The molecular formula is C21H24N2O. The van der Waals surface area contributed by atoms with Crippen LogP contribution in [0.3, 0.4) is 0 Å². The summed E-state index contributed by atoms with van der Waals surface area (Å²) >= 11 is 0. The summed E-state index contributed by atoms with van der Waals surface area (Å²) in [6, 6.07) is 21.7. The zero-order chi connectivity index (χ0) is 17.5. The molecule has 3 heteroatoms. The lowest BCUT2D eigenvalue weighted by Crippen LogP contribution is -2.33. The van der Waals surface area contributed by atoms with Crippen molar-refractivity contribution in [2.75, 3.05) is 7.05 Å². The Hall–Kier alpha value is -2.57. The second-order valence-corrected chi connectivity index (χ2v) is 6.07. The van der Waals surface area contributed by atoms with Gasteiger partial charge in [0.1, 0.15) is 11.8 Å². The minimum atomic E-state index is -0.653. The van der Waals surface area contributed by atoms with Gasteiger partial charge in [-0.3, -0.25) is 0 Å². The Morgan fingerprint density at radius 1 is 1.00 bits per heavy atom. The Kier molecular flexibility index (Phi) is 6.17. The van der Waals surface area contributed by atoms with E-state index in [0.29, 0.717) is 5.70 Å². The van der Waals surface area contributed by atoms with Crippen molar-refractivity contribution in [2.24, 2.45) is 0 Å². The predicted molar refractivity (Wildman–Crippen MR) is 97.2 cm³/mol. The molecule has 1 N–H and O–H groups in total. The van der Waals surface area contributed by atoms with Crippen LogP contribution >= 0.6 is 0 Å². The molecule has 0 aliphatic heterocycles. The average Bonchev–Trinajstić information content (AvgIpc) is 2.65. The topological polar surface area (TPSA) is 47.3 Å². The number of nitrogens with zero attached hydrogens (tertiary/aromatic N) is 2. The van der Waals surface area contributed by atoms with E-state index in [0.717, 1.165) is 11.1 Å². The van der Waals surface area contributed by atoms with E-state index in [-0.39, 0.29) is 12.0 Å². The van der Waals surface area contributed by atoms with Crippen LogP contribution in [0.5, 0.6) is 0 Å². The zero-order valence-corrected chi connectivity index (χ0v) is 14.4. The van der Waals surface area contributed by atoms with E-state index in [4.69, 9.17) is 0 Å². The second kappa shape index (κ2) is 8.33. The van der Waals surface area contributed by atoms with Gasteiger partial charge >= 0.3 is 0 Å². The predicted octanol–water partition coefficient (Wildman–Crippen LogP) is 4.25. The summed E-state index contributed by atoms with van der Waals surface area (Å²) < 4.78 is 0. The molecule has 3 atom stereocenters. The molecule has 0 saturated heterocycles. The van der Waals surface area contributed by atoms with Gasteiger partial charge in [-0.1, -0.05) is 67.6 Å². The number of likely N-dealkylation sites (N-methyl/N-ethyl adjacent to an activating group) is 1. The number of hydrogen-bond donors (Lipinski definition) is 1. The highest BCUT2D eigenvalue weighted by molar-refractivity contribution is 5.30. The van der Waals surface area contributed by atoms with E-state index in [1.165, 1.54) is 0 Å². The van der Waals surface area contributed by atoms with E-state index in [1.807, 2.05) is 73.5 Å². The maximum absolute atomic E-state index is 10.6. The summed E-state index contributed by atoms with van der Waals surface area (Å²) in [5, 5.41) is 20.1. The highest BCUT2D eigenvalue weighted by Gasteiger charge is 2.22. The molecule has 0 saturated carbocycles. The van der Waals surface area contributed by atoms with Crippen LogP contribution < -0.4 is 0 Å². The first-order valence-corrected chi connectivity index (χ1v) is 8.17. The van der Waals surface area contributed by atoms with Crippen molar-refractivity contribution in [3.05, 3.63) is 83.6 Å². The third-order valence-corrected chi connectivity index (χ3v) is 4.44. The van der Waals surface area contributed by atoms with Crippen LogP contribution in [0, 0.1) is 11.3 Å². The van der Waals surface area contributed by atoms with Crippen molar-refractivity contribution in [2.45, 2.75) is 31.9 Å². The first-order valence-electron chi connectivity index (χ1n) is 8.17. The minimum absolute atomic E-state index is 0.129. The minimum Gasteiger partial charge on any atom is -0.386 e. The fourth-order valence-corrected chi connectivity index (χ4v) is 2.68. The van der Waals surface area contributed by atoms with Gasteiger partial charge in [-0.15, -0.1) is 0 Å². The zero-order valence-electron chi connectivity index (χ0n) is 14.4. The smallest absolute Gasteiger partial charge is 0.117 e. The van der Waals surface area contributed by atoms with Gasteiger partial charge in [-0.2, -0.15) is 5.26 Å². The maximum atomic E-state index is 10.6. The summed E-state index contributed by atoms with van der Waals surface area (Å²) in [4.78, 5) is 1.84. The second-order valence-electron chi connectivity index (χ2n) is 6.07. The molecule has 0 fully saturated rings. The summed E-state index contributed by atoms with van der Waals surface area (Å²) in [7, 11) is 1.85. The van der Waals surface area contributed by atoms with Gasteiger partial charge < -0.3 is 10.0 Å². The van der Waals surface area contributed by atoms with Gasteiger partial charge in [-0.05, 0) is 24.1 Å². The molecule has 0 heterocycles. The van der Waals surface area contributed by atoms with E-state index in [2.05, 4.69) is 25.1 Å². The fourth-order valence-electron chi connectivity index (χ4n) is 2.68. The highest BCUT2D eigenvalue weighted by Crippen LogP contribution is 2.24. The molecule has 2 rings (SSSR count). The Bertz CT molecular complexity index is 704. The number of rotatable bonds is 6. The van der Waals surface area contributed by atoms with E-state index in [1.54, 1.807) is 0 Å². The highest BCUT2D eigenvalue weighted by atomic mass is 16.3. The van der Waals surface area contributed by atoms with Crippen molar-refractivity contribution in [3.8, 4) is 6.07 Å². The first kappa shape index (κ1) is 17.8. The SMILES string of the molecule is CC(/C=C(\C#N)N(C)C(C)C(O)c1ccccc1)c1ccccc1. The van der Waals surface area contributed by atoms with Crippen LogP contribution in [0.15, 0.2) is 72.4 Å². The van der Waals surface area contributed by atoms with Crippen molar-refractivity contribution in [1.82, 2.24) is 4.90 Å². The van der Waals surface area contributed by atoms with Crippen LogP contribution in [0.1, 0.15) is 37.0 Å². The van der Waals surface area contributed by atoms with Crippen LogP contribution in [0.25, 0.3) is 0 Å². The van der Waals surface area contributed by atoms with E-state index >= 15 is 0 Å². The standard InChI is InChI=1S/C21H24N2O/c1-16(18-10-6-4-7-11-18)14-20(15-22)23(3)17(2)21(24)19-12-8-5-9-13-19/h4-14,16-17,21,24H,1-3H3/b20-14+. The molecular weight excluding hydrogens is 296 g/mol. The van der Waals surface area contributed by atoms with Crippen molar-refractivity contribution in [1.29, 1.82) is 5.26 Å². The van der Waals surface area contributed by atoms with Gasteiger partial charge in [-0.25, -0.2) is 0 Å². The number of hydrogen-bond acceptors (Lipinski definition) is 3. The first-order chi connectivity index (χ1) is 11.5. The van der Waals surface area contributed by atoms with Crippen LogP contribution in [-0.4, -0.2) is 23.1 Å². The third kappa shape index (κ3) is 4.24. The number of aliphatic hydroxyl groups excluding tert-OH is 1. The Labute approximate surface area is 144 Å². The quantitative estimate of drug-likeness (QED) is 0.809. The normalized spacial score (nSPS) is 15.2. The van der Waals surface area contributed by atoms with Crippen LogP contribution in [0.4, 0.5) is 0 Å². The molecule has 124 valence electrons. The Morgan fingerprint density at radius 2 is 1.50 bits per heavy atom. The lowest BCUT2D eigenvalue weighted by Gasteiger charge is -2.30. The van der Waals surface area contributed by atoms with E-state index in [9.17, 15) is 10.4 Å². The molecule has 0 aliphatic rings. The molecule has 0 radical (unpaired) electrons. The lowest BCUT2D eigenvalue weighted by atomic mass is 9.98. The molecule has 0 amide bonds. The molecule has 0 bridgehead atoms.